The van der Waals surface area contributed by atoms with Crippen molar-refractivity contribution in [3.63, 3.8) is 0 Å². The van der Waals surface area contributed by atoms with Gasteiger partial charge in [0.2, 0.25) is 0 Å². The Kier molecular flexibility index (Phi) is 17.8. The third-order valence-electron chi connectivity index (χ3n) is 4.86. The zero-order chi connectivity index (χ0) is 17.2. The van der Waals surface area contributed by atoms with Crippen LogP contribution in [0.5, 0.6) is 0 Å². The average Bonchev–Trinajstić information content (AvgIpc) is 2.54. The largest absolute Gasteiger partial charge is 0.306 e. The van der Waals surface area contributed by atoms with Crippen molar-refractivity contribution in [3.8, 4) is 0 Å². The van der Waals surface area contributed by atoms with E-state index < -0.39 is 0 Å². The quantitative estimate of drug-likeness (QED) is 0.202. The summed E-state index contributed by atoms with van der Waals surface area (Å²) in [5, 5.41) is 0. The second-order valence-electron chi connectivity index (χ2n) is 7.28. The Balaban J connectivity index is 3.22. The topological polar surface area (TPSA) is 3.24 Å². The van der Waals surface area contributed by atoms with E-state index in [1.165, 1.54) is 89.9 Å². The Hall–Kier alpha value is -0.300. The molecule has 0 N–H and O–H groups in total. The highest BCUT2D eigenvalue weighted by atomic mass is 15.1. The van der Waals surface area contributed by atoms with E-state index in [4.69, 9.17) is 0 Å². The molecule has 0 rings (SSSR count). The fourth-order valence-corrected chi connectivity index (χ4v) is 3.11. The molecule has 0 aliphatic rings. The molecule has 137 valence electrons. The van der Waals surface area contributed by atoms with Gasteiger partial charge in [0.25, 0.3) is 0 Å². The molecule has 0 aliphatic heterocycles. The van der Waals surface area contributed by atoms with Crippen molar-refractivity contribution in [2.75, 3.05) is 14.1 Å². The Bertz CT molecular complexity index is 244. The molecule has 1 atom stereocenters. The van der Waals surface area contributed by atoms with Gasteiger partial charge in [0.1, 0.15) is 0 Å². The lowest BCUT2D eigenvalue weighted by Gasteiger charge is -2.22. The first-order valence-electron chi connectivity index (χ1n) is 10.3. The van der Waals surface area contributed by atoms with Crippen molar-refractivity contribution in [1.82, 2.24) is 4.90 Å². The number of rotatable bonds is 17. The van der Waals surface area contributed by atoms with E-state index >= 15 is 0 Å². The number of unbranched alkanes of at least 4 members (excludes halogenated alkanes) is 11. The predicted octanol–water partition coefficient (Wildman–Crippen LogP) is 7.18. The molecule has 0 amide bonds. The van der Waals surface area contributed by atoms with Gasteiger partial charge in [-0.25, -0.2) is 0 Å². The van der Waals surface area contributed by atoms with Gasteiger partial charge in [-0.1, -0.05) is 83.8 Å². The Morgan fingerprint density at radius 1 is 0.739 bits per heavy atom. The summed E-state index contributed by atoms with van der Waals surface area (Å²) in [5.74, 6) is 0. The molecule has 0 bridgehead atoms. The molecule has 0 heterocycles. The van der Waals surface area contributed by atoms with Crippen molar-refractivity contribution in [1.29, 1.82) is 0 Å². The Morgan fingerprint density at radius 3 is 1.70 bits per heavy atom. The summed E-state index contributed by atoms with van der Waals surface area (Å²) in [6.45, 7) is 6.33. The molecule has 1 radical (unpaired) electrons. The third-order valence-corrected chi connectivity index (χ3v) is 4.86. The standard InChI is InChI=1S/C22H44N/c1-5-7-8-9-10-11-12-13-14-15-16-17-18-19-20-21-22(6-2)23(3)4/h13-14,22H,2,5-12,15-21H2,1,3-4H3. The van der Waals surface area contributed by atoms with E-state index in [1.807, 2.05) is 0 Å². The number of allylic oxidation sites excluding steroid dienone is 2. The van der Waals surface area contributed by atoms with Gasteiger partial charge in [-0.15, -0.1) is 0 Å². The average molecular weight is 323 g/mol. The lowest BCUT2D eigenvalue weighted by atomic mass is 10.0. The van der Waals surface area contributed by atoms with Crippen LogP contribution in [0.25, 0.3) is 0 Å². The van der Waals surface area contributed by atoms with Crippen molar-refractivity contribution in [2.24, 2.45) is 0 Å². The van der Waals surface area contributed by atoms with E-state index in [1.54, 1.807) is 0 Å². The molecule has 23 heavy (non-hydrogen) atoms. The van der Waals surface area contributed by atoms with Crippen molar-refractivity contribution >= 4 is 0 Å². The summed E-state index contributed by atoms with van der Waals surface area (Å²) in [5.41, 5.74) is 0. The van der Waals surface area contributed by atoms with Crippen LogP contribution in [0.2, 0.25) is 0 Å². The van der Waals surface area contributed by atoms with Gasteiger partial charge in [-0.3, -0.25) is 0 Å². The molecule has 0 saturated heterocycles. The van der Waals surface area contributed by atoms with Gasteiger partial charge < -0.3 is 4.90 Å². The van der Waals surface area contributed by atoms with Crippen LogP contribution in [0.3, 0.4) is 0 Å². The number of hydrogen-bond donors (Lipinski definition) is 0. The van der Waals surface area contributed by atoms with Crippen LogP contribution in [0.15, 0.2) is 12.2 Å². The van der Waals surface area contributed by atoms with Crippen LogP contribution < -0.4 is 0 Å². The molecule has 0 spiro atoms. The minimum atomic E-state index is 0.680. The second-order valence-corrected chi connectivity index (χ2v) is 7.28. The second kappa shape index (κ2) is 18.0. The van der Waals surface area contributed by atoms with Crippen molar-refractivity contribution in [3.05, 3.63) is 19.1 Å². The highest BCUT2D eigenvalue weighted by Crippen LogP contribution is 2.13. The zero-order valence-electron chi connectivity index (χ0n) is 16.5. The molecule has 0 aromatic rings. The first-order valence-corrected chi connectivity index (χ1v) is 10.3. The lowest BCUT2D eigenvalue weighted by Crippen LogP contribution is -2.26. The first kappa shape index (κ1) is 22.7. The van der Waals surface area contributed by atoms with E-state index in [0.717, 1.165) is 6.42 Å². The molecule has 1 unspecified atom stereocenters. The molecular formula is C22H44N. The molecule has 0 aliphatic carbocycles. The highest BCUT2D eigenvalue weighted by Gasteiger charge is 2.07. The predicted molar refractivity (Wildman–Crippen MR) is 107 cm³/mol. The Morgan fingerprint density at radius 2 is 1.22 bits per heavy atom. The number of nitrogens with zero attached hydrogens (tertiary/aromatic N) is 1. The van der Waals surface area contributed by atoms with Gasteiger partial charge in [0.15, 0.2) is 0 Å². The monoisotopic (exact) mass is 322 g/mol. The van der Waals surface area contributed by atoms with Gasteiger partial charge in [-0.05, 0) is 52.6 Å². The first-order chi connectivity index (χ1) is 11.2. The van der Waals surface area contributed by atoms with E-state index in [-0.39, 0.29) is 0 Å². The summed E-state index contributed by atoms with van der Waals surface area (Å²) in [4.78, 5) is 2.32. The summed E-state index contributed by atoms with van der Waals surface area (Å²) in [7, 11) is 4.35. The molecule has 0 aromatic heterocycles. The summed E-state index contributed by atoms with van der Waals surface area (Å²) in [6, 6.07) is 0.680. The smallest absolute Gasteiger partial charge is 0.00891 e. The van der Waals surface area contributed by atoms with Gasteiger partial charge in [0, 0.05) is 6.04 Å². The molecule has 1 nitrogen and oxygen atoms in total. The van der Waals surface area contributed by atoms with E-state index in [0.29, 0.717) is 6.04 Å². The van der Waals surface area contributed by atoms with Gasteiger partial charge in [-0.2, -0.15) is 0 Å². The molecule has 0 fully saturated rings. The SMILES string of the molecule is [CH2]CC(CCCCCCCC=CCCCCCCCC)N(C)C. The van der Waals surface area contributed by atoms with Crippen LogP contribution in [0.1, 0.15) is 103 Å². The summed E-state index contributed by atoms with van der Waals surface area (Å²) < 4.78 is 0. The maximum Gasteiger partial charge on any atom is 0.00891 e. The van der Waals surface area contributed by atoms with Crippen LogP contribution in [-0.2, 0) is 0 Å². The van der Waals surface area contributed by atoms with Gasteiger partial charge in [0.05, 0.1) is 0 Å². The number of hydrogen-bond acceptors (Lipinski definition) is 1. The minimum Gasteiger partial charge on any atom is -0.306 e. The van der Waals surface area contributed by atoms with Crippen molar-refractivity contribution < 1.29 is 0 Å². The molecule has 1 heteroatoms. The molecular weight excluding hydrogens is 278 g/mol. The summed E-state index contributed by atoms with van der Waals surface area (Å²) in [6.07, 6.45) is 25.2. The lowest BCUT2D eigenvalue weighted by molar-refractivity contribution is 0.272. The maximum atomic E-state index is 4.05. The van der Waals surface area contributed by atoms with Crippen LogP contribution in [-0.4, -0.2) is 25.0 Å². The minimum absolute atomic E-state index is 0.680. The van der Waals surface area contributed by atoms with Crippen LogP contribution in [0, 0.1) is 6.92 Å². The van der Waals surface area contributed by atoms with E-state index in [2.05, 4.69) is 45.0 Å². The maximum absolute atomic E-state index is 4.05. The van der Waals surface area contributed by atoms with Crippen LogP contribution in [0.4, 0.5) is 0 Å². The fourth-order valence-electron chi connectivity index (χ4n) is 3.11. The van der Waals surface area contributed by atoms with E-state index in [9.17, 15) is 0 Å². The van der Waals surface area contributed by atoms with Crippen LogP contribution >= 0.6 is 0 Å². The summed E-state index contributed by atoms with van der Waals surface area (Å²) >= 11 is 0. The highest BCUT2D eigenvalue weighted by molar-refractivity contribution is 4.81. The normalized spacial score (nSPS) is 13.3. The molecule has 0 saturated carbocycles. The fraction of sp³-hybridized carbons (Fsp3) is 0.864. The Labute approximate surface area is 147 Å². The van der Waals surface area contributed by atoms with Gasteiger partial charge >= 0.3 is 0 Å². The van der Waals surface area contributed by atoms with Crippen molar-refractivity contribution in [2.45, 2.75) is 109 Å². The zero-order valence-corrected chi connectivity index (χ0v) is 16.5. The third kappa shape index (κ3) is 16.3. The molecule has 0 aromatic carbocycles.